The first kappa shape index (κ1) is 21.1. The molecule has 1 aromatic carbocycles. The number of nitrogen functional groups attached to an aromatic ring is 1. The van der Waals surface area contributed by atoms with Gasteiger partial charge in [-0.15, -0.1) is 12.4 Å². The monoisotopic (exact) mass is 379 g/mol. The number of carbonyl (C=O) groups excluding carboxylic acids is 2. The van der Waals surface area contributed by atoms with Crippen LogP contribution in [-0.2, 0) is 16.0 Å². The van der Waals surface area contributed by atoms with E-state index in [0.29, 0.717) is 25.1 Å². The minimum Gasteiger partial charge on any atom is -0.399 e. The van der Waals surface area contributed by atoms with Crippen LogP contribution in [-0.4, -0.2) is 42.5 Å². The number of nitrogens with two attached hydrogens (primary N) is 1. The minimum atomic E-state index is -4.82. The van der Waals surface area contributed by atoms with Crippen LogP contribution in [0.5, 0.6) is 0 Å². The summed E-state index contributed by atoms with van der Waals surface area (Å²) >= 11 is 0. The fourth-order valence-corrected chi connectivity index (χ4v) is 2.66. The van der Waals surface area contributed by atoms with E-state index < -0.39 is 12.1 Å². The van der Waals surface area contributed by atoms with E-state index in [0.717, 1.165) is 10.5 Å². The van der Waals surface area contributed by atoms with Gasteiger partial charge >= 0.3 is 12.1 Å². The molecule has 1 aliphatic heterocycles. The van der Waals surface area contributed by atoms with Gasteiger partial charge in [-0.2, -0.15) is 13.2 Å². The highest BCUT2D eigenvalue weighted by atomic mass is 35.5. The maximum absolute atomic E-state index is 12.4. The van der Waals surface area contributed by atoms with E-state index in [2.05, 4.69) is 5.32 Å². The van der Waals surface area contributed by atoms with Crippen molar-refractivity contribution in [1.82, 2.24) is 10.2 Å². The van der Waals surface area contributed by atoms with Crippen LogP contribution >= 0.6 is 12.4 Å². The van der Waals surface area contributed by atoms with E-state index in [1.165, 1.54) is 0 Å². The van der Waals surface area contributed by atoms with Crippen molar-refractivity contribution in [2.24, 2.45) is 5.92 Å². The Morgan fingerprint density at radius 1 is 1.16 bits per heavy atom. The zero-order valence-electron chi connectivity index (χ0n) is 13.5. The molecule has 0 atom stereocenters. The molecule has 1 fully saturated rings. The van der Waals surface area contributed by atoms with E-state index in [9.17, 15) is 22.8 Å². The Bertz CT molecular complexity index is 585. The summed E-state index contributed by atoms with van der Waals surface area (Å²) in [6, 6.07) is 6.98. The van der Waals surface area contributed by atoms with Crippen LogP contribution in [0.25, 0.3) is 0 Å². The van der Waals surface area contributed by atoms with E-state index in [1.54, 1.807) is 24.3 Å². The molecule has 0 bridgehead atoms. The van der Waals surface area contributed by atoms with E-state index in [4.69, 9.17) is 5.73 Å². The van der Waals surface area contributed by atoms with Crippen molar-refractivity contribution in [2.45, 2.75) is 25.4 Å². The molecule has 1 saturated heterocycles. The molecule has 0 aliphatic carbocycles. The fourth-order valence-electron chi connectivity index (χ4n) is 2.66. The molecule has 5 nitrogen and oxygen atoms in total. The molecule has 0 spiro atoms. The lowest BCUT2D eigenvalue weighted by molar-refractivity contribution is -0.186. The summed E-state index contributed by atoms with van der Waals surface area (Å²) in [6.45, 7) is 0.537. The van der Waals surface area contributed by atoms with Crippen LogP contribution in [0.4, 0.5) is 18.9 Å². The Labute approximate surface area is 150 Å². The van der Waals surface area contributed by atoms with Gasteiger partial charge in [0.1, 0.15) is 0 Å². The molecule has 25 heavy (non-hydrogen) atoms. The van der Waals surface area contributed by atoms with E-state index >= 15 is 0 Å². The Kier molecular flexibility index (Phi) is 7.54. The number of halogens is 4. The topological polar surface area (TPSA) is 75.4 Å². The van der Waals surface area contributed by atoms with Crippen molar-refractivity contribution in [3.63, 3.8) is 0 Å². The number of amides is 2. The Morgan fingerprint density at radius 3 is 2.24 bits per heavy atom. The molecule has 140 valence electrons. The molecule has 0 aromatic heterocycles. The highest BCUT2D eigenvalue weighted by Gasteiger charge is 2.43. The molecule has 3 N–H and O–H groups in total. The van der Waals surface area contributed by atoms with Gasteiger partial charge in [0.15, 0.2) is 0 Å². The average molecular weight is 380 g/mol. The lowest BCUT2D eigenvalue weighted by Gasteiger charge is -2.32. The van der Waals surface area contributed by atoms with Gasteiger partial charge in [-0.05, 0) is 36.5 Å². The molecular weight excluding hydrogens is 359 g/mol. The molecule has 0 saturated carbocycles. The standard InChI is InChI=1S/C16H20F3N3O2.ClH/c17-16(18,19)15(24)22-7-5-12(6-8-22)10-21-14(23)9-11-1-3-13(20)4-2-11;/h1-4,12H,5-10,20H2,(H,21,23);1H. The number of carbonyl (C=O) groups is 2. The molecule has 1 aromatic rings. The van der Waals surface area contributed by atoms with E-state index in [1.807, 2.05) is 0 Å². The van der Waals surface area contributed by atoms with Crippen molar-refractivity contribution in [2.75, 3.05) is 25.4 Å². The molecule has 1 heterocycles. The lowest BCUT2D eigenvalue weighted by Crippen LogP contribution is -2.46. The maximum atomic E-state index is 12.4. The second-order valence-electron chi connectivity index (χ2n) is 5.96. The second kappa shape index (κ2) is 8.94. The summed E-state index contributed by atoms with van der Waals surface area (Å²) in [4.78, 5) is 23.9. The quantitative estimate of drug-likeness (QED) is 0.787. The van der Waals surface area contributed by atoms with Crippen LogP contribution in [0, 0.1) is 5.92 Å². The van der Waals surface area contributed by atoms with Crippen molar-refractivity contribution >= 4 is 29.9 Å². The fraction of sp³-hybridized carbons (Fsp3) is 0.500. The molecule has 0 radical (unpaired) electrons. The summed E-state index contributed by atoms with van der Waals surface area (Å²) in [5, 5.41) is 2.79. The number of piperidine rings is 1. The van der Waals surface area contributed by atoms with Crippen molar-refractivity contribution in [1.29, 1.82) is 0 Å². The van der Waals surface area contributed by atoms with Crippen LogP contribution in [0.1, 0.15) is 18.4 Å². The third kappa shape index (κ3) is 6.45. The Morgan fingerprint density at radius 2 is 1.72 bits per heavy atom. The highest BCUT2D eigenvalue weighted by Crippen LogP contribution is 2.23. The van der Waals surface area contributed by atoms with Crippen LogP contribution < -0.4 is 11.1 Å². The molecule has 9 heteroatoms. The summed E-state index contributed by atoms with van der Waals surface area (Å²) in [5.74, 6) is -1.85. The summed E-state index contributed by atoms with van der Waals surface area (Å²) in [6.07, 6.45) is -3.69. The largest absolute Gasteiger partial charge is 0.471 e. The first-order valence-electron chi connectivity index (χ1n) is 7.73. The van der Waals surface area contributed by atoms with Crippen LogP contribution in [0.3, 0.4) is 0 Å². The van der Waals surface area contributed by atoms with Crippen molar-refractivity contribution < 1.29 is 22.8 Å². The zero-order chi connectivity index (χ0) is 17.7. The van der Waals surface area contributed by atoms with Gasteiger partial charge < -0.3 is 16.0 Å². The minimum absolute atomic E-state index is 0. The first-order chi connectivity index (χ1) is 11.3. The van der Waals surface area contributed by atoms with Gasteiger partial charge in [-0.3, -0.25) is 9.59 Å². The summed E-state index contributed by atoms with van der Waals surface area (Å²) in [7, 11) is 0. The number of hydrogen-bond acceptors (Lipinski definition) is 3. The van der Waals surface area contributed by atoms with Gasteiger partial charge in [0.25, 0.3) is 0 Å². The second-order valence-corrected chi connectivity index (χ2v) is 5.96. The van der Waals surface area contributed by atoms with Gasteiger partial charge in [-0.25, -0.2) is 0 Å². The first-order valence-corrected chi connectivity index (χ1v) is 7.73. The molecule has 2 amide bonds. The number of anilines is 1. The van der Waals surface area contributed by atoms with Gasteiger partial charge in [0, 0.05) is 25.3 Å². The smallest absolute Gasteiger partial charge is 0.399 e. The van der Waals surface area contributed by atoms with Crippen molar-refractivity contribution in [3.8, 4) is 0 Å². The number of nitrogens with zero attached hydrogens (tertiary/aromatic N) is 1. The van der Waals surface area contributed by atoms with Gasteiger partial charge in [-0.1, -0.05) is 12.1 Å². The van der Waals surface area contributed by atoms with Crippen LogP contribution in [0.2, 0.25) is 0 Å². The zero-order valence-corrected chi connectivity index (χ0v) is 14.3. The summed E-state index contributed by atoms with van der Waals surface area (Å²) in [5.41, 5.74) is 7.04. The third-order valence-electron chi connectivity index (χ3n) is 4.08. The predicted molar refractivity (Wildman–Crippen MR) is 90.2 cm³/mol. The van der Waals surface area contributed by atoms with Gasteiger partial charge in [0.05, 0.1) is 6.42 Å². The SMILES string of the molecule is Cl.Nc1ccc(CC(=O)NCC2CCN(C(=O)C(F)(F)F)CC2)cc1. The lowest BCUT2D eigenvalue weighted by atomic mass is 9.96. The van der Waals surface area contributed by atoms with E-state index in [-0.39, 0.29) is 43.7 Å². The number of nitrogens with one attached hydrogen (secondary N) is 1. The average Bonchev–Trinajstić information content (AvgIpc) is 2.54. The number of benzene rings is 1. The number of hydrogen-bond donors (Lipinski definition) is 2. The Hall–Kier alpha value is -1.96. The third-order valence-corrected chi connectivity index (χ3v) is 4.08. The van der Waals surface area contributed by atoms with Gasteiger partial charge in [0.2, 0.25) is 5.91 Å². The number of likely N-dealkylation sites (tertiary alicyclic amines) is 1. The molecule has 0 unspecified atom stereocenters. The summed E-state index contributed by atoms with van der Waals surface area (Å²) < 4.78 is 37.1. The van der Waals surface area contributed by atoms with Crippen LogP contribution in [0.15, 0.2) is 24.3 Å². The van der Waals surface area contributed by atoms with Crippen molar-refractivity contribution in [3.05, 3.63) is 29.8 Å². The molecular formula is C16H21ClF3N3O2. The predicted octanol–water partition coefficient (Wildman–Crippen LogP) is 2.15. The number of alkyl halides is 3. The Balaban J connectivity index is 0.00000312. The highest BCUT2D eigenvalue weighted by molar-refractivity contribution is 5.85. The number of rotatable bonds is 4. The molecule has 1 aliphatic rings. The normalized spacial score (nSPS) is 15.4. The maximum Gasteiger partial charge on any atom is 0.471 e. The molecule has 2 rings (SSSR count).